The van der Waals surface area contributed by atoms with Crippen LogP contribution in [-0.2, 0) is 18.3 Å². The van der Waals surface area contributed by atoms with Crippen molar-refractivity contribution in [3.63, 3.8) is 0 Å². The van der Waals surface area contributed by atoms with Crippen molar-refractivity contribution in [3.05, 3.63) is 36.0 Å². The summed E-state index contributed by atoms with van der Waals surface area (Å²) in [5, 5.41) is 4.22. The van der Waals surface area contributed by atoms with Gasteiger partial charge in [0.2, 0.25) is 5.91 Å². The van der Waals surface area contributed by atoms with Crippen LogP contribution in [-0.4, -0.2) is 16.5 Å². The molecule has 1 aromatic heterocycles. The van der Waals surface area contributed by atoms with Crippen LogP contribution in [0.1, 0.15) is 18.5 Å². The monoisotopic (exact) mass is 228 g/mol. The van der Waals surface area contributed by atoms with Gasteiger partial charge in [-0.05, 0) is 30.4 Å². The van der Waals surface area contributed by atoms with E-state index in [0.717, 1.165) is 18.5 Å². The lowest BCUT2D eigenvalue weighted by Gasteiger charge is -2.05. The van der Waals surface area contributed by atoms with E-state index in [4.69, 9.17) is 0 Å². The fraction of sp³-hybridized carbons (Fsp3) is 0.357. The van der Waals surface area contributed by atoms with Gasteiger partial charge in [0.25, 0.3) is 0 Å². The number of carbonyl (C=O) groups is 1. The van der Waals surface area contributed by atoms with Crippen LogP contribution >= 0.6 is 0 Å². The summed E-state index contributed by atoms with van der Waals surface area (Å²) in [6.07, 6.45) is 2.75. The molecule has 3 rings (SSSR count). The van der Waals surface area contributed by atoms with Crippen LogP contribution in [0.25, 0.3) is 10.9 Å². The molecule has 0 radical (unpaired) electrons. The van der Waals surface area contributed by atoms with E-state index < -0.39 is 0 Å². The molecular formula is C14H16N2O. The highest BCUT2D eigenvalue weighted by molar-refractivity contribution is 5.85. The molecule has 17 heavy (non-hydrogen) atoms. The first-order valence-corrected chi connectivity index (χ1v) is 6.07. The van der Waals surface area contributed by atoms with Gasteiger partial charge in [0.1, 0.15) is 0 Å². The highest BCUT2D eigenvalue weighted by atomic mass is 16.1. The van der Waals surface area contributed by atoms with Gasteiger partial charge in [0.05, 0.1) is 6.42 Å². The third kappa shape index (κ3) is 2.05. The summed E-state index contributed by atoms with van der Waals surface area (Å²) in [6, 6.07) is 10.8. The first-order chi connectivity index (χ1) is 8.24. The molecular weight excluding hydrogens is 212 g/mol. The Hall–Kier alpha value is -1.77. The van der Waals surface area contributed by atoms with Crippen LogP contribution < -0.4 is 5.32 Å². The van der Waals surface area contributed by atoms with Gasteiger partial charge in [-0.15, -0.1) is 0 Å². The van der Waals surface area contributed by atoms with E-state index in [1.54, 1.807) is 0 Å². The SMILES string of the molecule is Cn1c(CC(=O)NC2CC2)cc2ccccc21. The molecule has 0 spiro atoms. The number of benzene rings is 1. The molecule has 1 aliphatic carbocycles. The maximum atomic E-state index is 11.8. The van der Waals surface area contributed by atoms with Crippen molar-refractivity contribution < 1.29 is 4.79 Å². The molecule has 1 aliphatic rings. The fourth-order valence-electron chi connectivity index (χ4n) is 2.19. The molecule has 0 aliphatic heterocycles. The standard InChI is InChI=1S/C14H16N2O/c1-16-12(9-14(17)15-11-6-7-11)8-10-4-2-3-5-13(10)16/h2-5,8,11H,6-7,9H2,1H3,(H,15,17). The summed E-state index contributed by atoms with van der Waals surface area (Å²) in [6.45, 7) is 0. The summed E-state index contributed by atoms with van der Waals surface area (Å²) in [5.41, 5.74) is 2.26. The van der Waals surface area contributed by atoms with Gasteiger partial charge in [-0.2, -0.15) is 0 Å². The maximum absolute atomic E-state index is 11.8. The van der Waals surface area contributed by atoms with Gasteiger partial charge in [0, 0.05) is 24.3 Å². The summed E-state index contributed by atoms with van der Waals surface area (Å²) in [5.74, 6) is 0.137. The predicted octanol–water partition coefficient (Wildman–Crippen LogP) is 2.00. The molecule has 0 saturated heterocycles. The minimum Gasteiger partial charge on any atom is -0.353 e. The molecule has 3 heteroatoms. The van der Waals surface area contributed by atoms with Crippen molar-refractivity contribution in [1.29, 1.82) is 0 Å². The van der Waals surface area contributed by atoms with Gasteiger partial charge in [-0.1, -0.05) is 18.2 Å². The molecule has 1 saturated carbocycles. The van der Waals surface area contributed by atoms with Crippen LogP contribution in [0.4, 0.5) is 0 Å². The normalized spacial score (nSPS) is 15.1. The molecule has 0 bridgehead atoms. The second-order valence-electron chi connectivity index (χ2n) is 4.77. The average Bonchev–Trinajstić information content (AvgIpc) is 3.06. The Bertz CT molecular complexity index is 567. The van der Waals surface area contributed by atoms with Crippen molar-refractivity contribution >= 4 is 16.8 Å². The quantitative estimate of drug-likeness (QED) is 0.856. The first-order valence-electron chi connectivity index (χ1n) is 6.07. The summed E-state index contributed by atoms with van der Waals surface area (Å²) in [4.78, 5) is 11.8. The first kappa shape index (κ1) is 10.4. The van der Waals surface area contributed by atoms with Crippen molar-refractivity contribution in [2.45, 2.75) is 25.3 Å². The van der Waals surface area contributed by atoms with Crippen LogP contribution in [0.3, 0.4) is 0 Å². The molecule has 1 N–H and O–H groups in total. The lowest BCUT2D eigenvalue weighted by molar-refractivity contribution is -0.120. The number of nitrogens with zero attached hydrogens (tertiary/aromatic N) is 1. The van der Waals surface area contributed by atoms with Gasteiger partial charge >= 0.3 is 0 Å². The van der Waals surface area contributed by atoms with E-state index in [1.807, 2.05) is 19.2 Å². The van der Waals surface area contributed by atoms with E-state index in [9.17, 15) is 4.79 Å². The molecule has 1 heterocycles. The number of aromatic nitrogens is 1. The Morgan fingerprint density at radius 3 is 2.88 bits per heavy atom. The Morgan fingerprint density at radius 1 is 1.41 bits per heavy atom. The topological polar surface area (TPSA) is 34.0 Å². The van der Waals surface area contributed by atoms with E-state index in [2.05, 4.69) is 28.1 Å². The number of aryl methyl sites for hydroxylation is 1. The summed E-state index contributed by atoms with van der Waals surface area (Å²) < 4.78 is 2.10. The van der Waals surface area contributed by atoms with Crippen molar-refractivity contribution in [2.75, 3.05) is 0 Å². The lowest BCUT2D eigenvalue weighted by atomic mass is 10.2. The zero-order valence-corrected chi connectivity index (χ0v) is 9.94. The minimum absolute atomic E-state index is 0.137. The number of carbonyl (C=O) groups excluding carboxylic acids is 1. The predicted molar refractivity (Wildman–Crippen MR) is 67.8 cm³/mol. The number of nitrogens with one attached hydrogen (secondary N) is 1. The molecule has 0 unspecified atom stereocenters. The summed E-state index contributed by atoms with van der Waals surface area (Å²) >= 11 is 0. The fourth-order valence-corrected chi connectivity index (χ4v) is 2.19. The minimum atomic E-state index is 0.137. The highest BCUT2D eigenvalue weighted by Gasteiger charge is 2.23. The van der Waals surface area contributed by atoms with E-state index >= 15 is 0 Å². The zero-order valence-electron chi connectivity index (χ0n) is 9.94. The van der Waals surface area contributed by atoms with Crippen molar-refractivity contribution in [3.8, 4) is 0 Å². The second-order valence-corrected chi connectivity index (χ2v) is 4.77. The van der Waals surface area contributed by atoms with E-state index in [-0.39, 0.29) is 5.91 Å². The number of rotatable bonds is 3. The van der Waals surface area contributed by atoms with Crippen LogP contribution in [0, 0.1) is 0 Å². The molecule has 1 aromatic carbocycles. The van der Waals surface area contributed by atoms with Gasteiger partial charge in [-0.25, -0.2) is 0 Å². The largest absolute Gasteiger partial charge is 0.353 e. The Labute approximate surface area is 100 Å². The Kier molecular flexibility index (Phi) is 2.39. The van der Waals surface area contributed by atoms with Gasteiger partial charge in [-0.3, -0.25) is 4.79 Å². The van der Waals surface area contributed by atoms with Crippen LogP contribution in [0.2, 0.25) is 0 Å². The third-order valence-electron chi connectivity index (χ3n) is 3.34. The number of para-hydroxylation sites is 1. The molecule has 2 aromatic rings. The van der Waals surface area contributed by atoms with Gasteiger partial charge < -0.3 is 9.88 Å². The number of hydrogen-bond acceptors (Lipinski definition) is 1. The molecule has 0 atom stereocenters. The molecule has 3 nitrogen and oxygen atoms in total. The molecule has 1 amide bonds. The lowest BCUT2D eigenvalue weighted by Crippen LogP contribution is -2.27. The van der Waals surface area contributed by atoms with Crippen LogP contribution in [0.15, 0.2) is 30.3 Å². The maximum Gasteiger partial charge on any atom is 0.226 e. The number of hydrogen-bond donors (Lipinski definition) is 1. The van der Waals surface area contributed by atoms with Crippen molar-refractivity contribution in [1.82, 2.24) is 9.88 Å². The summed E-state index contributed by atoms with van der Waals surface area (Å²) in [7, 11) is 2.02. The average molecular weight is 228 g/mol. The smallest absolute Gasteiger partial charge is 0.226 e. The Morgan fingerprint density at radius 2 is 2.18 bits per heavy atom. The van der Waals surface area contributed by atoms with Gasteiger partial charge in [0.15, 0.2) is 0 Å². The third-order valence-corrected chi connectivity index (χ3v) is 3.34. The Balaban J connectivity index is 1.84. The molecule has 1 fully saturated rings. The molecule has 88 valence electrons. The number of fused-ring (bicyclic) bond motifs is 1. The highest BCUT2D eigenvalue weighted by Crippen LogP contribution is 2.20. The van der Waals surface area contributed by atoms with E-state index in [0.29, 0.717) is 12.5 Å². The van der Waals surface area contributed by atoms with Crippen LogP contribution in [0.5, 0.6) is 0 Å². The second kappa shape index (κ2) is 3.91. The van der Waals surface area contributed by atoms with E-state index in [1.165, 1.54) is 10.9 Å². The number of amides is 1. The zero-order chi connectivity index (χ0) is 11.8. The van der Waals surface area contributed by atoms with Crippen molar-refractivity contribution in [2.24, 2.45) is 7.05 Å².